The summed E-state index contributed by atoms with van der Waals surface area (Å²) in [6.45, 7) is 7.67. The Morgan fingerprint density at radius 2 is 1.74 bits per heavy atom. The Morgan fingerprint density at radius 3 is 2.16 bits per heavy atom. The molecule has 0 aliphatic heterocycles. The molecule has 1 N–H and O–H groups in total. The van der Waals surface area contributed by atoms with Crippen LogP contribution >= 0.6 is 11.9 Å². The van der Waals surface area contributed by atoms with Gasteiger partial charge in [-0.15, -0.1) is 0 Å². The number of hydrogen-bond donors (Lipinski definition) is 1. The Balaban J connectivity index is 2.85. The third-order valence-electron chi connectivity index (χ3n) is 2.34. The highest BCUT2D eigenvalue weighted by atomic mass is 32.2. The molecule has 1 nitrogen and oxygen atoms in total. The minimum absolute atomic E-state index is 0.0589. The van der Waals surface area contributed by atoms with E-state index in [4.69, 9.17) is 0 Å². The molecular formula is C13H17F4NS. The first-order valence-electron chi connectivity index (χ1n) is 5.81. The summed E-state index contributed by atoms with van der Waals surface area (Å²) in [6.07, 6.45) is -4.52. The van der Waals surface area contributed by atoms with E-state index in [1.165, 1.54) is 18.0 Å². The van der Waals surface area contributed by atoms with E-state index >= 15 is 0 Å². The second-order valence-corrected chi connectivity index (χ2v) is 6.95. The quantitative estimate of drug-likeness (QED) is 0.626. The van der Waals surface area contributed by atoms with Gasteiger partial charge in [0.25, 0.3) is 0 Å². The van der Waals surface area contributed by atoms with E-state index in [1.807, 2.05) is 20.8 Å². The Bertz CT molecular complexity index is 437. The van der Waals surface area contributed by atoms with Gasteiger partial charge in [-0.3, -0.25) is 4.72 Å². The van der Waals surface area contributed by atoms with Gasteiger partial charge in [0.2, 0.25) is 0 Å². The molecule has 0 spiro atoms. The third-order valence-corrected chi connectivity index (χ3v) is 3.42. The molecule has 1 aromatic carbocycles. The monoisotopic (exact) mass is 295 g/mol. The molecule has 0 unspecified atom stereocenters. The highest BCUT2D eigenvalue weighted by Gasteiger charge is 2.31. The van der Waals surface area contributed by atoms with E-state index in [9.17, 15) is 17.6 Å². The van der Waals surface area contributed by atoms with Crippen LogP contribution in [0.4, 0.5) is 17.6 Å². The Labute approximate surface area is 114 Å². The second-order valence-electron chi connectivity index (χ2n) is 5.29. The molecule has 0 saturated heterocycles. The van der Waals surface area contributed by atoms with Crippen LogP contribution in [0.5, 0.6) is 0 Å². The zero-order chi connectivity index (χ0) is 14.8. The van der Waals surface area contributed by atoms with Crippen LogP contribution in [0.25, 0.3) is 0 Å². The Kier molecular flexibility index (Phi) is 4.90. The second kappa shape index (κ2) is 5.71. The molecule has 0 heterocycles. The van der Waals surface area contributed by atoms with Gasteiger partial charge in [0.15, 0.2) is 0 Å². The van der Waals surface area contributed by atoms with Crippen molar-refractivity contribution in [2.45, 2.75) is 44.7 Å². The molecule has 0 aliphatic carbocycles. The molecule has 0 bridgehead atoms. The largest absolute Gasteiger partial charge is 0.416 e. The van der Waals surface area contributed by atoms with Crippen LogP contribution in [0.15, 0.2) is 18.2 Å². The van der Waals surface area contributed by atoms with Crippen molar-refractivity contribution in [1.29, 1.82) is 0 Å². The fraction of sp³-hybridized carbons (Fsp3) is 0.538. The van der Waals surface area contributed by atoms with Crippen molar-refractivity contribution in [3.63, 3.8) is 0 Å². The van der Waals surface area contributed by atoms with Crippen LogP contribution in [-0.2, 0) is 6.18 Å². The van der Waals surface area contributed by atoms with Crippen molar-refractivity contribution in [1.82, 2.24) is 4.72 Å². The standard InChI is InChI=1S/C13H17F4NS/c1-8(18-19-12(2,3)4)10-6-5-9(7-11(10)14)13(15,16)17/h5-8,18H,1-4H3/t8-/m0/s1. The van der Waals surface area contributed by atoms with E-state index in [2.05, 4.69) is 4.72 Å². The molecule has 108 valence electrons. The average molecular weight is 295 g/mol. The van der Waals surface area contributed by atoms with Crippen LogP contribution < -0.4 is 4.72 Å². The normalized spacial score (nSPS) is 14.5. The highest BCUT2D eigenvalue weighted by molar-refractivity contribution is 7.98. The molecule has 1 aromatic rings. The van der Waals surface area contributed by atoms with Crippen molar-refractivity contribution >= 4 is 11.9 Å². The molecule has 0 aliphatic rings. The minimum Gasteiger partial charge on any atom is -0.256 e. The fourth-order valence-corrected chi connectivity index (χ4v) is 2.04. The lowest BCUT2D eigenvalue weighted by Crippen LogP contribution is -2.20. The smallest absolute Gasteiger partial charge is 0.256 e. The zero-order valence-corrected chi connectivity index (χ0v) is 12.0. The maximum absolute atomic E-state index is 13.7. The summed E-state index contributed by atoms with van der Waals surface area (Å²) in [5.74, 6) is -0.843. The van der Waals surface area contributed by atoms with Gasteiger partial charge >= 0.3 is 6.18 Å². The van der Waals surface area contributed by atoms with E-state index < -0.39 is 17.6 Å². The predicted molar refractivity (Wildman–Crippen MR) is 70.3 cm³/mol. The van der Waals surface area contributed by atoms with Crippen LogP contribution in [0.3, 0.4) is 0 Å². The molecule has 0 amide bonds. The number of alkyl halides is 3. The number of benzene rings is 1. The van der Waals surface area contributed by atoms with Crippen molar-refractivity contribution in [2.24, 2.45) is 0 Å². The average Bonchev–Trinajstić information content (AvgIpc) is 2.23. The van der Waals surface area contributed by atoms with Gasteiger partial charge in [0, 0.05) is 16.4 Å². The first kappa shape index (κ1) is 16.3. The number of nitrogens with one attached hydrogen (secondary N) is 1. The fourth-order valence-electron chi connectivity index (χ4n) is 1.38. The topological polar surface area (TPSA) is 12.0 Å². The Hall–Kier alpha value is -0.750. The third kappa shape index (κ3) is 5.03. The van der Waals surface area contributed by atoms with Crippen LogP contribution in [-0.4, -0.2) is 4.75 Å². The zero-order valence-electron chi connectivity index (χ0n) is 11.2. The lowest BCUT2D eigenvalue weighted by Gasteiger charge is -2.22. The van der Waals surface area contributed by atoms with Gasteiger partial charge in [-0.2, -0.15) is 13.2 Å². The van der Waals surface area contributed by atoms with E-state index in [-0.39, 0.29) is 16.4 Å². The number of hydrogen-bond acceptors (Lipinski definition) is 2. The van der Waals surface area contributed by atoms with Crippen molar-refractivity contribution in [3.05, 3.63) is 35.1 Å². The molecular weight excluding hydrogens is 278 g/mol. The molecule has 0 fully saturated rings. The lowest BCUT2D eigenvalue weighted by molar-refractivity contribution is -0.137. The number of halogens is 4. The van der Waals surface area contributed by atoms with Crippen LogP contribution in [0.1, 0.15) is 44.9 Å². The summed E-state index contributed by atoms with van der Waals surface area (Å²) in [7, 11) is 0. The summed E-state index contributed by atoms with van der Waals surface area (Å²) in [4.78, 5) is 0. The van der Waals surface area contributed by atoms with E-state index in [0.29, 0.717) is 6.07 Å². The first-order valence-corrected chi connectivity index (χ1v) is 6.62. The summed E-state index contributed by atoms with van der Waals surface area (Å²) in [5, 5.41) is 0. The minimum atomic E-state index is -4.52. The van der Waals surface area contributed by atoms with Crippen LogP contribution in [0.2, 0.25) is 0 Å². The molecule has 6 heteroatoms. The maximum atomic E-state index is 13.7. The molecule has 0 aromatic heterocycles. The van der Waals surface area contributed by atoms with E-state index in [1.54, 1.807) is 6.92 Å². The van der Waals surface area contributed by atoms with Gasteiger partial charge in [-0.05, 0) is 39.8 Å². The maximum Gasteiger partial charge on any atom is 0.416 e. The summed E-state index contributed by atoms with van der Waals surface area (Å²) >= 11 is 1.42. The van der Waals surface area contributed by atoms with Gasteiger partial charge in [0.05, 0.1) is 5.56 Å². The Morgan fingerprint density at radius 1 is 1.16 bits per heavy atom. The first-order chi connectivity index (χ1) is 8.50. The van der Waals surface area contributed by atoms with Gasteiger partial charge < -0.3 is 0 Å². The SMILES string of the molecule is C[C@H](NSC(C)(C)C)c1ccc(C(F)(F)F)cc1F. The molecule has 0 saturated carbocycles. The van der Waals surface area contributed by atoms with Gasteiger partial charge in [-0.1, -0.05) is 18.0 Å². The van der Waals surface area contributed by atoms with Crippen molar-refractivity contribution in [2.75, 3.05) is 0 Å². The summed E-state index contributed by atoms with van der Waals surface area (Å²) < 4.78 is 53.9. The molecule has 0 radical (unpaired) electrons. The molecule has 19 heavy (non-hydrogen) atoms. The summed E-state index contributed by atoms with van der Waals surface area (Å²) in [6, 6.07) is 2.25. The summed E-state index contributed by atoms with van der Waals surface area (Å²) in [5.41, 5.74) is -0.742. The number of rotatable bonds is 3. The van der Waals surface area contributed by atoms with Crippen molar-refractivity contribution in [3.8, 4) is 0 Å². The van der Waals surface area contributed by atoms with E-state index in [0.717, 1.165) is 6.07 Å². The van der Waals surface area contributed by atoms with Gasteiger partial charge in [0.1, 0.15) is 5.82 Å². The van der Waals surface area contributed by atoms with Crippen molar-refractivity contribution < 1.29 is 17.6 Å². The molecule has 1 rings (SSSR count). The van der Waals surface area contributed by atoms with Crippen LogP contribution in [0, 0.1) is 5.82 Å². The lowest BCUT2D eigenvalue weighted by atomic mass is 10.1. The molecule has 1 atom stereocenters. The highest BCUT2D eigenvalue weighted by Crippen LogP contribution is 2.32. The van der Waals surface area contributed by atoms with Gasteiger partial charge in [-0.25, -0.2) is 4.39 Å². The predicted octanol–water partition coefficient (Wildman–Crippen LogP) is 4.94.